The van der Waals surface area contributed by atoms with Crippen molar-refractivity contribution >= 4 is 5.97 Å². The van der Waals surface area contributed by atoms with E-state index in [2.05, 4.69) is 10.2 Å². The second kappa shape index (κ2) is 6.05. The minimum Gasteiger partial charge on any atom is -0.490 e. The molecule has 1 N–H and O–H groups in total. The first-order chi connectivity index (χ1) is 9.63. The molecular formula is C13H15N3O4. The Morgan fingerprint density at radius 3 is 2.80 bits per heavy atom. The summed E-state index contributed by atoms with van der Waals surface area (Å²) in [6.45, 7) is 2.35. The van der Waals surface area contributed by atoms with E-state index in [-0.39, 0.29) is 17.9 Å². The van der Waals surface area contributed by atoms with E-state index in [0.29, 0.717) is 18.2 Å². The zero-order chi connectivity index (χ0) is 14.5. The third-order valence-electron chi connectivity index (χ3n) is 2.66. The quantitative estimate of drug-likeness (QED) is 0.860. The molecule has 2 aromatic rings. The maximum Gasteiger partial charge on any atom is 0.339 e. The molecule has 0 radical (unpaired) electrons. The number of aromatic nitrogens is 3. The maximum atomic E-state index is 11.2. The number of ether oxygens (including phenoxy) is 2. The Morgan fingerprint density at radius 1 is 1.40 bits per heavy atom. The van der Waals surface area contributed by atoms with Gasteiger partial charge in [0.1, 0.15) is 18.5 Å². The molecule has 0 bridgehead atoms. The van der Waals surface area contributed by atoms with E-state index in [1.54, 1.807) is 30.1 Å². The molecule has 1 aromatic heterocycles. The fourth-order valence-corrected chi connectivity index (χ4v) is 1.68. The van der Waals surface area contributed by atoms with Crippen molar-refractivity contribution in [2.75, 3.05) is 6.61 Å². The topological polar surface area (TPSA) is 86.5 Å². The van der Waals surface area contributed by atoms with Crippen molar-refractivity contribution in [1.82, 2.24) is 14.8 Å². The minimum atomic E-state index is -1.07. The monoisotopic (exact) mass is 277 g/mol. The molecule has 1 heterocycles. The van der Waals surface area contributed by atoms with Gasteiger partial charge in [-0.1, -0.05) is 6.07 Å². The molecule has 0 saturated heterocycles. The predicted molar refractivity (Wildman–Crippen MR) is 69.9 cm³/mol. The molecule has 0 fully saturated rings. The Labute approximate surface area is 115 Å². The zero-order valence-electron chi connectivity index (χ0n) is 11.2. The summed E-state index contributed by atoms with van der Waals surface area (Å²) in [5.74, 6) is 0.117. The zero-order valence-corrected chi connectivity index (χ0v) is 11.2. The number of carboxylic acid groups (broad SMARTS) is 1. The third-order valence-corrected chi connectivity index (χ3v) is 2.66. The number of nitrogens with zero attached hydrogens (tertiary/aromatic N) is 3. The maximum absolute atomic E-state index is 11.2. The Morgan fingerprint density at radius 2 is 2.20 bits per heavy atom. The SMILES string of the molecule is CCOc1cccc(C(=O)O)c1OCc1nncn1C. The van der Waals surface area contributed by atoms with Crippen LogP contribution in [-0.4, -0.2) is 32.4 Å². The van der Waals surface area contributed by atoms with Crippen molar-refractivity contribution in [3.8, 4) is 11.5 Å². The highest BCUT2D eigenvalue weighted by atomic mass is 16.5. The second-order valence-electron chi connectivity index (χ2n) is 4.02. The van der Waals surface area contributed by atoms with Gasteiger partial charge in [-0.05, 0) is 19.1 Å². The van der Waals surface area contributed by atoms with Crippen LogP contribution in [0.5, 0.6) is 11.5 Å². The van der Waals surface area contributed by atoms with Crippen LogP contribution in [0.25, 0.3) is 0 Å². The number of carboxylic acids is 1. The molecule has 0 amide bonds. The summed E-state index contributed by atoms with van der Waals surface area (Å²) >= 11 is 0. The van der Waals surface area contributed by atoms with Crippen molar-refractivity contribution < 1.29 is 19.4 Å². The van der Waals surface area contributed by atoms with E-state index >= 15 is 0 Å². The molecule has 0 aliphatic heterocycles. The largest absolute Gasteiger partial charge is 0.490 e. The number of aromatic carboxylic acids is 1. The Kier molecular flexibility index (Phi) is 4.19. The smallest absolute Gasteiger partial charge is 0.339 e. The Balaban J connectivity index is 2.28. The van der Waals surface area contributed by atoms with Crippen LogP contribution in [0.4, 0.5) is 0 Å². The van der Waals surface area contributed by atoms with Gasteiger partial charge in [0, 0.05) is 7.05 Å². The third kappa shape index (κ3) is 2.87. The average molecular weight is 277 g/mol. The fourth-order valence-electron chi connectivity index (χ4n) is 1.68. The van der Waals surface area contributed by atoms with Crippen LogP contribution in [-0.2, 0) is 13.7 Å². The van der Waals surface area contributed by atoms with Crippen LogP contribution in [0.1, 0.15) is 23.1 Å². The summed E-state index contributed by atoms with van der Waals surface area (Å²) in [7, 11) is 1.78. The Hall–Kier alpha value is -2.57. The first-order valence-electron chi connectivity index (χ1n) is 6.08. The number of hydrogen-bond acceptors (Lipinski definition) is 5. The summed E-state index contributed by atoms with van der Waals surface area (Å²) in [6.07, 6.45) is 1.55. The molecule has 0 atom stereocenters. The average Bonchev–Trinajstić information content (AvgIpc) is 2.83. The molecule has 0 spiro atoms. The van der Waals surface area contributed by atoms with E-state index in [4.69, 9.17) is 9.47 Å². The minimum absolute atomic E-state index is 0.0538. The molecule has 7 heteroatoms. The predicted octanol–water partition coefficient (Wildman–Crippen LogP) is 1.49. The standard InChI is InChI=1S/C13H15N3O4/c1-3-19-10-6-4-5-9(13(17)18)12(10)20-7-11-15-14-8-16(11)2/h4-6,8H,3,7H2,1-2H3,(H,17,18). The van der Waals surface area contributed by atoms with Crippen LogP contribution in [0.15, 0.2) is 24.5 Å². The number of para-hydroxylation sites is 1. The van der Waals surface area contributed by atoms with Crippen molar-refractivity contribution in [3.63, 3.8) is 0 Å². The van der Waals surface area contributed by atoms with Gasteiger partial charge < -0.3 is 19.1 Å². The first kappa shape index (κ1) is 13.9. The molecule has 0 aliphatic rings. The van der Waals surface area contributed by atoms with E-state index in [0.717, 1.165) is 0 Å². The molecular weight excluding hydrogens is 262 g/mol. The van der Waals surface area contributed by atoms with E-state index in [9.17, 15) is 9.90 Å². The normalized spacial score (nSPS) is 10.3. The molecule has 0 unspecified atom stereocenters. The van der Waals surface area contributed by atoms with Crippen LogP contribution in [0.3, 0.4) is 0 Å². The van der Waals surface area contributed by atoms with E-state index < -0.39 is 5.97 Å². The highest BCUT2D eigenvalue weighted by Crippen LogP contribution is 2.32. The van der Waals surface area contributed by atoms with Crippen molar-refractivity contribution in [2.24, 2.45) is 7.05 Å². The molecule has 2 rings (SSSR count). The van der Waals surface area contributed by atoms with Gasteiger partial charge in [0.05, 0.1) is 6.61 Å². The van der Waals surface area contributed by atoms with Gasteiger partial charge in [0.2, 0.25) is 0 Å². The molecule has 7 nitrogen and oxygen atoms in total. The van der Waals surface area contributed by atoms with E-state index in [1.165, 1.54) is 6.07 Å². The van der Waals surface area contributed by atoms with Crippen LogP contribution < -0.4 is 9.47 Å². The summed E-state index contributed by atoms with van der Waals surface area (Å²) < 4.78 is 12.7. The molecule has 1 aromatic carbocycles. The highest BCUT2D eigenvalue weighted by molar-refractivity contribution is 5.92. The number of aryl methyl sites for hydroxylation is 1. The van der Waals surface area contributed by atoms with Gasteiger partial charge in [-0.15, -0.1) is 10.2 Å². The lowest BCUT2D eigenvalue weighted by molar-refractivity contribution is 0.0690. The second-order valence-corrected chi connectivity index (χ2v) is 4.02. The number of hydrogen-bond donors (Lipinski definition) is 1. The number of carbonyl (C=O) groups is 1. The van der Waals surface area contributed by atoms with Crippen molar-refractivity contribution in [3.05, 3.63) is 35.9 Å². The fraction of sp³-hybridized carbons (Fsp3) is 0.308. The lowest BCUT2D eigenvalue weighted by atomic mass is 10.2. The summed E-state index contributed by atoms with van der Waals surface area (Å²) in [5.41, 5.74) is 0.0538. The van der Waals surface area contributed by atoms with Gasteiger partial charge in [0.25, 0.3) is 0 Å². The molecule has 20 heavy (non-hydrogen) atoms. The molecule has 0 aliphatic carbocycles. The Bertz CT molecular complexity index is 609. The summed E-state index contributed by atoms with van der Waals surface area (Å²) in [6, 6.07) is 4.75. The van der Waals surface area contributed by atoms with Gasteiger partial charge in [-0.3, -0.25) is 0 Å². The van der Waals surface area contributed by atoms with Crippen LogP contribution in [0.2, 0.25) is 0 Å². The van der Waals surface area contributed by atoms with Crippen LogP contribution in [0, 0.1) is 0 Å². The number of benzene rings is 1. The molecule has 106 valence electrons. The van der Waals surface area contributed by atoms with Crippen molar-refractivity contribution in [2.45, 2.75) is 13.5 Å². The van der Waals surface area contributed by atoms with Crippen LogP contribution >= 0.6 is 0 Å². The highest BCUT2D eigenvalue weighted by Gasteiger charge is 2.17. The lowest BCUT2D eigenvalue weighted by Gasteiger charge is -2.13. The van der Waals surface area contributed by atoms with Gasteiger partial charge in [0.15, 0.2) is 17.3 Å². The van der Waals surface area contributed by atoms with Crippen molar-refractivity contribution in [1.29, 1.82) is 0 Å². The summed E-state index contributed by atoms with van der Waals surface area (Å²) in [4.78, 5) is 11.2. The molecule has 0 saturated carbocycles. The lowest BCUT2D eigenvalue weighted by Crippen LogP contribution is -2.08. The van der Waals surface area contributed by atoms with Gasteiger partial charge in [-0.25, -0.2) is 4.79 Å². The number of rotatable bonds is 6. The van der Waals surface area contributed by atoms with Gasteiger partial charge in [-0.2, -0.15) is 0 Å². The van der Waals surface area contributed by atoms with E-state index in [1.807, 2.05) is 6.92 Å². The summed E-state index contributed by atoms with van der Waals surface area (Å²) in [5, 5.41) is 16.8. The first-order valence-corrected chi connectivity index (χ1v) is 6.08. The van der Waals surface area contributed by atoms with Gasteiger partial charge >= 0.3 is 5.97 Å².